The van der Waals surface area contributed by atoms with Gasteiger partial charge in [-0.05, 0) is 50.1 Å². The van der Waals surface area contributed by atoms with Gasteiger partial charge in [-0.1, -0.05) is 66.2 Å². The SMILES string of the molecule is C/C(=N/Nc1nc(Nc2ccccc2)nc(Nc2ccc(C)cc2C)n1)c1ccccc1. The van der Waals surface area contributed by atoms with E-state index in [0.717, 1.165) is 28.2 Å². The van der Waals surface area contributed by atoms with Crippen molar-refractivity contribution in [3.8, 4) is 0 Å². The van der Waals surface area contributed by atoms with Crippen molar-refractivity contribution < 1.29 is 0 Å². The molecule has 3 aromatic carbocycles. The molecule has 0 unspecified atom stereocenters. The summed E-state index contributed by atoms with van der Waals surface area (Å²) in [4.78, 5) is 13.5. The fraction of sp³-hybridized carbons (Fsp3) is 0.120. The second-order valence-corrected chi connectivity index (χ2v) is 7.42. The number of rotatable bonds is 7. The number of para-hydroxylation sites is 1. The minimum atomic E-state index is 0.334. The van der Waals surface area contributed by atoms with Crippen LogP contribution in [-0.2, 0) is 0 Å². The molecule has 0 amide bonds. The second kappa shape index (κ2) is 9.70. The molecule has 0 atom stereocenters. The topological polar surface area (TPSA) is 87.1 Å². The first-order chi connectivity index (χ1) is 15.6. The Morgan fingerprint density at radius 2 is 1.34 bits per heavy atom. The molecule has 0 spiro atoms. The molecule has 160 valence electrons. The highest BCUT2D eigenvalue weighted by molar-refractivity contribution is 5.98. The highest BCUT2D eigenvalue weighted by Gasteiger charge is 2.09. The summed E-state index contributed by atoms with van der Waals surface area (Å²) in [5.41, 5.74) is 8.93. The number of anilines is 5. The van der Waals surface area contributed by atoms with Gasteiger partial charge >= 0.3 is 0 Å². The third kappa shape index (κ3) is 5.46. The largest absolute Gasteiger partial charge is 0.324 e. The number of aryl methyl sites for hydroxylation is 2. The number of benzene rings is 3. The Morgan fingerprint density at radius 3 is 2.03 bits per heavy atom. The van der Waals surface area contributed by atoms with E-state index < -0.39 is 0 Å². The van der Waals surface area contributed by atoms with E-state index in [1.807, 2.05) is 86.6 Å². The first-order valence-corrected chi connectivity index (χ1v) is 10.3. The molecule has 7 heteroatoms. The summed E-state index contributed by atoms with van der Waals surface area (Å²) in [6, 6.07) is 25.9. The molecule has 0 bridgehead atoms. The fourth-order valence-corrected chi connectivity index (χ4v) is 3.14. The number of aromatic nitrogens is 3. The molecule has 0 aliphatic rings. The predicted molar refractivity (Wildman–Crippen MR) is 131 cm³/mol. The maximum Gasteiger partial charge on any atom is 0.250 e. The van der Waals surface area contributed by atoms with Crippen LogP contribution in [-0.4, -0.2) is 20.7 Å². The van der Waals surface area contributed by atoms with Crippen LogP contribution < -0.4 is 16.1 Å². The highest BCUT2D eigenvalue weighted by atomic mass is 15.4. The van der Waals surface area contributed by atoms with Gasteiger partial charge in [-0.25, -0.2) is 5.43 Å². The predicted octanol–water partition coefficient (Wildman–Crippen LogP) is 5.81. The molecule has 7 nitrogen and oxygen atoms in total. The second-order valence-electron chi connectivity index (χ2n) is 7.42. The highest BCUT2D eigenvalue weighted by Crippen LogP contribution is 2.22. The maximum atomic E-state index is 4.54. The Kier molecular flexibility index (Phi) is 6.36. The third-order valence-electron chi connectivity index (χ3n) is 4.81. The van der Waals surface area contributed by atoms with Gasteiger partial charge in [0.05, 0.1) is 5.71 Å². The number of hydrogen-bond donors (Lipinski definition) is 3. The van der Waals surface area contributed by atoms with E-state index in [4.69, 9.17) is 0 Å². The Bertz CT molecular complexity index is 1220. The molecule has 4 rings (SSSR count). The molecule has 1 aromatic heterocycles. The summed E-state index contributed by atoms with van der Waals surface area (Å²) in [7, 11) is 0. The van der Waals surface area contributed by atoms with Crippen molar-refractivity contribution in [1.82, 2.24) is 15.0 Å². The van der Waals surface area contributed by atoms with Crippen LogP contribution in [0.4, 0.5) is 29.2 Å². The molecule has 0 aliphatic heterocycles. The number of nitrogens with one attached hydrogen (secondary N) is 3. The van der Waals surface area contributed by atoms with Crippen LogP contribution >= 0.6 is 0 Å². The van der Waals surface area contributed by atoms with Gasteiger partial charge in [-0.2, -0.15) is 20.1 Å². The minimum Gasteiger partial charge on any atom is -0.324 e. The summed E-state index contributed by atoms with van der Waals surface area (Å²) < 4.78 is 0. The van der Waals surface area contributed by atoms with Crippen LogP contribution in [0.5, 0.6) is 0 Å². The number of hydrazone groups is 1. The van der Waals surface area contributed by atoms with Crippen molar-refractivity contribution in [3.05, 3.63) is 95.6 Å². The summed E-state index contributed by atoms with van der Waals surface area (Å²) in [6.07, 6.45) is 0. The summed E-state index contributed by atoms with van der Waals surface area (Å²) in [6.45, 7) is 6.05. The molecule has 0 saturated carbocycles. The molecular formula is C25H25N7. The van der Waals surface area contributed by atoms with E-state index in [0.29, 0.717) is 17.8 Å². The van der Waals surface area contributed by atoms with Crippen LogP contribution in [0.3, 0.4) is 0 Å². The van der Waals surface area contributed by atoms with Crippen LogP contribution in [0.1, 0.15) is 23.6 Å². The van der Waals surface area contributed by atoms with E-state index in [2.05, 4.69) is 49.1 Å². The fourth-order valence-electron chi connectivity index (χ4n) is 3.14. The molecule has 0 radical (unpaired) electrons. The van der Waals surface area contributed by atoms with E-state index in [1.165, 1.54) is 5.56 Å². The van der Waals surface area contributed by atoms with E-state index >= 15 is 0 Å². The molecule has 4 aromatic rings. The zero-order valence-electron chi connectivity index (χ0n) is 18.3. The minimum absolute atomic E-state index is 0.334. The van der Waals surface area contributed by atoms with Crippen LogP contribution in [0.2, 0.25) is 0 Å². The van der Waals surface area contributed by atoms with Gasteiger partial charge in [-0.3, -0.25) is 0 Å². The van der Waals surface area contributed by atoms with Crippen LogP contribution in [0, 0.1) is 13.8 Å². The standard InChI is InChI=1S/C25H25N7/c1-17-14-15-22(18(2)16-17)27-24-28-23(26-21-12-8-5-9-13-21)29-25(30-24)32-31-19(3)20-10-6-4-7-11-20/h4-16H,1-3H3,(H3,26,27,28,29,30,32)/b31-19-. The first-order valence-electron chi connectivity index (χ1n) is 10.3. The zero-order valence-corrected chi connectivity index (χ0v) is 18.3. The molecule has 0 fully saturated rings. The monoisotopic (exact) mass is 423 g/mol. The lowest BCUT2D eigenvalue weighted by atomic mass is 10.1. The Morgan fingerprint density at radius 1 is 0.719 bits per heavy atom. The average Bonchev–Trinajstić information content (AvgIpc) is 2.80. The van der Waals surface area contributed by atoms with Crippen molar-refractivity contribution in [2.45, 2.75) is 20.8 Å². The van der Waals surface area contributed by atoms with Crippen LogP contribution in [0.15, 0.2) is 84.0 Å². The normalized spacial score (nSPS) is 11.2. The lowest BCUT2D eigenvalue weighted by Gasteiger charge is -2.12. The molecule has 32 heavy (non-hydrogen) atoms. The van der Waals surface area contributed by atoms with Gasteiger partial charge in [0.1, 0.15) is 0 Å². The van der Waals surface area contributed by atoms with Crippen molar-refractivity contribution in [2.24, 2.45) is 5.10 Å². The zero-order chi connectivity index (χ0) is 22.3. The summed E-state index contributed by atoms with van der Waals surface area (Å²) in [5, 5.41) is 11.0. The smallest absolute Gasteiger partial charge is 0.250 e. The molecule has 1 heterocycles. The lowest BCUT2D eigenvalue weighted by molar-refractivity contribution is 1.04. The van der Waals surface area contributed by atoms with E-state index in [9.17, 15) is 0 Å². The maximum absolute atomic E-state index is 4.54. The Hall–Kier alpha value is -4.26. The summed E-state index contributed by atoms with van der Waals surface area (Å²) in [5.74, 6) is 1.16. The molecule has 0 aliphatic carbocycles. The molecule has 3 N–H and O–H groups in total. The van der Waals surface area contributed by atoms with Crippen molar-refractivity contribution >= 4 is 34.9 Å². The Balaban J connectivity index is 1.63. The molecular weight excluding hydrogens is 398 g/mol. The Labute approximate surface area is 187 Å². The van der Waals surface area contributed by atoms with Gasteiger partial charge < -0.3 is 10.6 Å². The van der Waals surface area contributed by atoms with Crippen molar-refractivity contribution in [2.75, 3.05) is 16.1 Å². The van der Waals surface area contributed by atoms with E-state index in [1.54, 1.807) is 0 Å². The van der Waals surface area contributed by atoms with Gasteiger partial charge in [0.25, 0.3) is 0 Å². The number of hydrogen-bond acceptors (Lipinski definition) is 7. The van der Waals surface area contributed by atoms with Crippen molar-refractivity contribution in [1.29, 1.82) is 0 Å². The summed E-state index contributed by atoms with van der Waals surface area (Å²) >= 11 is 0. The van der Waals surface area contributed by atoms with E-state index in [-0.39, 0.29) is 0 Å². The van der Waals surface area contributed by atoms with Gasteiger partial charge in [0, 0.05) is 11.4 Å². The molecule has 0 saturated heterocycles. The van der Waals surface area contributed by atoms with Crippen LogP contribution in [0.25, 0.3) is 0 Å². The van der Waals surface area contributed by atoms with Gasteiger partial charge in [-0.15, -0.1) is 0 Å². The van der Waals surface area contributed by atoms with Crippen molar-refractivity contribution in [3.63, 3.8) is 0 Å². The first kappa shape index (κ1) is 21.0. The lowest BCUT2D eigenvalue weighted by Crippen LogP contribution is -2.08. The average molecular weight is 424 g/mol. The van der Waals surface area contributed by atoms with Gasteiger partial charge in [0.2, 0.25) is 17.8 Å². The van der Waals surface area contributed by atoms with Gasteiger partial charge in [0.15, 0.2) is 0 Å². The third-order valence-corrected chi connectivity index (χ3v) is 4.81. The number of nitrogens with zero attached hydrogens (tertiary/aromatic N) is 4. The quantitative estimate of drug-likeness (QED) is 0.257.